The van der Waals surface area contributed by atoms with Crippen LogP contribution in [0.4, 0.5) is 4.79 Å². The molecule has 2 amide bonds. The van der Waals surface area contributed by atoms with Gasteiger partial charge in [-0.15, -0.1) is 0 Å². The minimum Gasteiger partial charge on any atom is -0.507 e. The van der Waals surface area contributed by atoms with Crippen LogP contribution in [0.5, 0.6) is 17.2 Å². The van der Waals surface area contributed by atoms with Gasteiger partial charge >= 0.3 is 0 Å². The maximum atomic E-state index is 11.7. The third-order valence-electron chi connectivity index (χ3n) is 5.96. The molecule has 0 spiro atoms. The maximum absolute atomic E-state index is 11.7. The first-order chi connectivity index (χ1) is 14.7. The number of aromatic hydroxyl groups is 1. The number of hydrogen-bond acceptors (Lipinski definition) is 6. The van der Waals surface area contributed by atoms with Gasteiger partial charge in [-0.3, -0.25) is 14.9 Å². The summed E-state index contributed by atoms with van der Waals surface area (Å²) < 4.78 is 12.4. The van der Waals surface area contributed by atoms with E-state index in [1.54, 1.807) is 6.08 Å². The van der Waals surface area contributed by atoms with Crippen LogP contribution in [0, 0.1) is 20.8 Å². The van der Waals surface area contributed by atoms with E-state index in [-0.39, 0.29) is 11.1 Å². The van der Waals surface area contributed by atoms with Crippen LogP contribution in [0.25, 0.3) is 6.08 Å². The zero-order valence-corrected chi connectivity index (χ0v) is 18.8. The molecule has 1 saturated heterocycles. The van der Waals surface area contributed by atoms with Gasteiger partial charge in [-0.25, -0.2) is 0 Å². The molecule has 0 aliphatic carbocycles. The molecule has 0 saturated carbocycles. The number of carbonyl (C=O) groups excluding carboxylic acids is 2. The molecule has 4 rings (SSSR count). The summed E-state index contributed by atoms with van der Waals surface area (Å²) in [7, 11) is 0. The predicted octanol–water partition coefficient (Wildman–Crippen LogP) is 4.80. The first kappa shape index (κ1) is 21.3. The molecule has 162 valence electrons. The third kappa shape index (κ3) is 4.14. The molecule has 2 aromatic carbocycles. The zero-order valence-electron chi connectivity index (χ0n) is 18.0. The van der Waals surface area contributed by atoms with Crippen molar-refractivity contribution in [3.05, 3.63) is 57.0 Å². The second-order valence-electron chi connectivity index (χ2n) is 8.29. The monoisotopic (exact) mass is 439 g/mol. The summed E-state index contributed by atoms with van der Waals surface area (Å²) in [5.74, 6) is 1.54. The lowest BCUT2D eigenvalue weighted by Crippen LogP contribution is -2.42. The molecule has 31 heavy (non-hydrogen) atoms. The Kier molecular flexibility index (Phi) is 5.47. The van der Waals surface area contributed by atoms with Gasteiger partial charge in [0.1, 0.15) is 29.5 Å². The van der Waals surface area contributed by atoms with Gasteiger partial charge < -0.3 is 14.6 Å². The van der Waals surface area contributed by atoms with E-state index in [9.17, 15) is 14.7 Å². The molecule has 1 fully saturated rings. The highest BCUT2D eigenvalue weighted by Gasteiger charge is 2.35. The number of rotatable bonds is 4. The first-order valence-electron chi connectivity index (χ1n) is 10.2. The fraction of sp³-hybridized carbons (Fsp3) is 0.333. The van der Waals surface area contributed by atoms with Gasteiger partial charge in [0.25, 0.3) is 11.1 Å². The molecule has 2 aliphatic rings. The van der Waals surface area contributed by atoms with E-state index >= 15 is 0 Å². The highest BCUT2D eigenvalue weighted by atomic mass is 32.2. The lowest BCUT2D eigenvalue weighted by atomic mass is 9.87. The molecular weight excluding hydrogens is 414 g/mol. The smallest absolute Gasteiger partial charge is 0.290 e. The minimum atomic E-state index is -0.479. The van der Waals surface area contributed by atoms with Crippen molar-refractivity contribution in [2.45, 2.75) is 46.1 Å². The van der Waals surface area contributed by atoms with Crippen LogP contribution in [0.3, 0.4) is 0 Å². The number of imide groups is 1. The highest BCUT2D eigenvalue weighted by Crippen LogP contribution is 2.43. The SMILES string of the molecule is Cc1c(C)c2c(c(C)c1O)CC[C@](C)(COc1ccc(C=C3SC(=O)NC3=O)cc1)O2. The van der Waals surface area contributed by atoms with Crippen LogP contribution in [0.15, 0.2) is 29.2 Å². The van der Waals surface area contributed by atoms with E-state index < -0.39 is 5.60 Å². The standard InChI is InChI=1S/C24H25NO5S/c1-13-14(2)21-18(15(3)20(13)26)9-10-24(4,30-21)12-29-17-7-5-16(6-8-17)11-19-22(27)25-23(28)31-19/h5-8,11,26H,9-10,12H2,1-4H3,(H,25,27,28)/t24-/m1/s1. The summed E-state index contributed by atoms with van der Waals surface area (Å²) in [5, 5.41) is 12.2. The Hall–Kier alpha value is -2.93. The Bertz CT molecular complexity index is 1110. The van der Waals surface area contributed by atoms with Crippen LogP contribution in [0.2, 0.25) is 0 Å². The zero-order chi connectivity index (χ0) is 22.3. The Morgan fingerprint density at radius 1 is 1.16 bits per heavy atom. The number of ether oxygens (including phenoxy) is 2. The van der Waals surface area contributed by atoms with Crippen LogP contribution in [-0.2, 0) is 11.2 Å². The van der Waals surface area contributed by atoms with Crippen molar-refractivity contribution in [2.24, 2.45) is 0 Å². The quantitative estimate of drug-likeness (QED) is 0.666. The third-order valence-corrected chi connectivity index (χ3v) is 6.77. The van der Waals surface area contributed by atoms with Gasteiger partial charge in [0.2, 0.25) is 0 Å². The van der Waals surface area contributed by atoms with E-state index in [0.29, 0.717) is 23.0 Å². The number of amides is 2. The van der Waals surface area contributed by atoms with Crippen molar-refractivity contribution < 1.29 is 24.2 Å². The van der Waals surface area contributed by atoms with Crippen LogP contribution in [0.1, 0.15) is 41.2 Å². The van der Waals surface area contributed by atoms with E-state index in [4.69, 9.17) is 9.47 Å². The van der Waals surface area contributed by atoms with Gasteiger partial charge in [-0.2, -0.15) is 0 Å². The van der Waals surface area contributed by atoms with Crippen molar-refractivity contribution in [1.82, 2.24) is 5.32 Å². The van der Waals surface area contributed by atoms with Crippen LogP contribution in [-0.4, -0.2) is 28.5 Å². The lowest BCUT2D eigenvalue weighted by Gasteiger charge is -2.37. The summed E-state index contributed by atoms with van der Waals surface area (Å²) >= 11 is 0.898. The molecule has 2 aromatic rings. The van der Waals surface area contributed by atoms with E-state index in [1.165, 1.54) is 0 Å². The Morgan fingerprint density at radius 3 is 2.52 bits per heavy atom. The Labute approximate surface area is 185 Å². The molecule has 0 bridgehead atoms. The molecular formula is C24H25NO5S. The summed E-state index contributed by atoms with van der Waals surface area (Å²) in [6, 6.07) is 7.36. The Morgan fingerprint density at radius 2 is 1.87 bits per heavy atom. The molecule has 2 aliphatic heterocycles. The number of phenolic OH excluding ortho intramolecular Hbond substituents is 1. The van der Waals surface area contributed by atoms with E-state index in [2.05, 4.69) is 5.32 Å². The fourth-order valence-corrected chi connectivity index (χ4v) is 4.55. The number of hydrogen-bond donors (Lipinski definition) is 2. The maximum Gasteiger partial charge on any atom is 0.290 e. The van der Waals surface area contributed by atoms with E-state index in [0.717, 1.165) is 58.2 Å². The highest BCUT2D eigenvalue weighted by molar-refractivity contribution is 8.18. The van der Waals surface area contributed by atoms with Crippen molar-refractivity contribution >= 4 is 29.0 Å². The summed E-state index contributed by atoms with van der Waals surface area (Å²) in [6.45, 7) is 8.24. The van der Waals surface area contributed by atoms with Gasteiger partial charge in [-0.1, -0.05) is 12.1 Å². The molecule has 0 aromatic heterocycles. The summed E-state index contributed by atoms with van der Waals surface area (Å²) in [5.41, 5.74) is 4.11. The van der Waals surface area contributed by atoms with Gasteiger partial charge in [0.15, 0.2) is 0 Å². The summed E-state index contributed by atoms with van der Waals surface area (Å²) in [4.78, 5) is 23.3. The average Bonchev–Trinajstić information content (AvgIpc) is 3.06. The second kappa shape index (κ2) is 7.96. The molecule has 1 atom stereocenters. The Balaban J connectivity index is 1.45. The molecule has 6 nitrogen and oxygen atoms in total. The van der Waals surface area contributed by atoms with Crippen molar-refractivity contribution in [3.63, 3.8) is 0 Å². The van der Waals surface area contributed by atoms with Crippen molar-refractivity contribution in [3.8, 4) is 17.2 Å². The largest absolute Gasteiger partial charge is 0.507 e. The molecule has 0 unspecified atom stereocenters. The average molecular weight is 440 g/mol. The molecule has 2 heterocycles. The number of phenols is 1. The van der Waals surface area contributed by atoms with Gasteiger partial charge in [-0.05, 0) is 92.8 Å². The predicted molar refractivity (Wildman–Crippen MR) is 121 cm³/mol. The second-order valence-corrected chi connectivity index (χ2v) is 9.31. The minimum absolute atomic E-state index is 0.352. The van der Waals surface area contributed by atoms with Crippen molar-refractivity contribution in [1.29, 1.82) is 0 Å². The van der Waals surface area contributed by atoms with Gasteiger partial charge in [0.05, 0.1) is 4.91 Å². The molecule has 7 heteroatoms. The number of thioether (sulfide) groups is 1. The van der Waals surface area contributed by atoms with Crippen molar-refractivity contribution in [2.75, 3.05) is 6.61 Å². The number of benzene rings is 2. The normalized spacial score (nSPS) is 21.6. The number of nitrogens with one attached hydrogen (secondary N) is 1. The lowest BCUT2D eigenvalue weighted by molar-refractivity contribution is -0.115. The van der Waals surface area contributed by atoms with E-state index in [1.807, 2.05) is 52.0 Å². The number of carbonyl (C=O) groups is 2. The molecule has 0 radical (unpaired) electrons. The van der Waals surface area contributed by atoms with Gasteiger partial charge in [0, 0.05) is 5.56 Å². The molecule has 2 N–H and O–H groups in total. The number of fused-ring (bicyclic) bond motifs is 1. The fourth-order valence-electron chi connectivity index (χ4n) is 3.87. The van der Waals surface area contributed by atoms with Crippen LogP contribution >= 0.6 is 11.8 Å². The first-order valence-corrected chi connectivity index (χ1v) is 11.0. The topological polar surface area (TPSA) is 84.9 Å². The van der Waals surface area contributed by atoms with Crippen LogP contribution < -0.4 is 14.8 Å². The summed E-state index contributed by atoms with van der Waals surface area (Å²) in [6.07, 6.45) is 3.29.